The van der Waals surface area contributed by atoms with Gasteiger partial charge in [-0.1, -0.05) is 29.8 Å². The molecule has 0 saturated heterocycles. The maximum Gasteiger partial charge on any atom is 0.0708 e. The molecule has 0 heterocycles. The maximum absolute atomic E-state index is 6.15. The van der Waals surface area contributed by atoms with Crippen LogP contribution in [0.2, 0.25) is 5.02 Å². The van der Waals surface area contributed by atoms with Gasteiger partial charge in [-0.15, -0.1) is 0 Å². The minimum absolute atomic E-state index is 0.0626. The molecule has 0 aliphatic rings. The first-order valence-electron chi connectivity index (χ1n) is 4.40. The largest absolute Gasteiger partial charge is 0.383 e. The highest BCUT2D eigenvalue weighted by Crippen LogP contribution is 2.25. The number of nitrogens with one attached hydrogen (secondary N) is 1. The zero-order chi connectivity index (χ0) is 10.6. The molecule has 78 valence electrons. The van der Waals surface area contributed by atoms with Gasteiger partial charge < -0.3 is 4.74 Å². The fraction of sp³-hybridized carbons (Fsp3) is 0.400. The number of hydrazine groups is 1. The second kappa shape index (κ2) is 5.32. The highest BCUT2D eigenvalue weighted by Gasteiger charge is 2.13. The van der Waals surface area contributed by atoms with Crippen molar-refractivity contribution < 1.29 is 4.74 Å². The van der Waals surface area contributed by atoms with Crippen molar-refractivity contribution in [3.63, 3.8) is 0 Å². The first kappa shape index (κ1) is 11.5. The Morgan fingerprint density at radius 2 is 2.29 bits per heavy atom. The van der Waals surface area contributed by atoms with Crippen molar-refractivity contribution in [2.75, 3.05) is 13.7 Å². The Hall–Kier alpha value is -0.610. The Bertz CT molecular complexity index is 304. The number of hydrogen-bond donors (Lipinski definition) is 2. The van der Waals surface area contributed by atoms with Gasteiger partial charge in [0.15, 0.2) is 0 Å². The van der Waals surface area contributed by atoms with Crippen LogP contribution in [0.25, 0.3) is 0 Å². The van der Waals surface area contributed by atoms with Crippen LogP contribution in [0, 0.1) is 6.92 Å². The highest BCUT2D eigenvalue weighted by molar-refractivity contribution is 6.32. The summed E-state index contributed by atoms with van der Waals surface area (Å²) in [4.78, 5) is 0. The third-order valence-electron chi connectivity index (χ3n) is 2.13. The normalized spacial score (nSPS) is 12.9. The van der Waals surface area contributed by atoms with E-state index in [1.165, 1.54) is 0 Å². The molecule has 0 radical (unpaired) electrons. The van der Waals surface area contributed by atoms with Gasteiger partial charge in [0.1, 0.15) is 0 Å². The molecule has 0 aliphatic heterocycles. The lowest BCUT2D eigenvalue weighted by molar-refractivity contribution is 0.167. The van der Waals surface area contributed by atoms with Gasteiger partial charge in [0.25, 0.3) is 0 Å². The molecular formula is C10H15ClN2O. The third kappa shape index (κ3) is 2.45. The molecular weight excluding hydrogens is 200 g/mol. The van der Waals surface area contributed by atoms with Crippen LogP contribution >= 0.6 is 11.6 Å². The smallest absolute Gasteiger partial charge is 0.0708 e. The van der Waals surface area contributed by atoms with Crippen LogP contribution < -0.4 is 11.3 Å². The fourth-order valence-electron chi connectivity index (χ4n) is 1.33. The Morgan fingerprint density at radius 1 is 1.57 bits per heavy atom. The second-order valence-corrected chi connectivity index (χ2v) is 3.53. The van der Waals surface area contributed by atoms with Crippen LogP contribution in [0.15, 0.2) is 18.2 Å². The minimum atomic E-state index is -0.0626. The van der Waals surface area contributed by atoms with Gasteiger partial charge in [0.2, 0.25) is 0 Å². The number of hydrogen-bond acceptors (Lipinski definition) is 3. The predicted octanol–water partition coefficient (Wildman–Crippen LogP) is 1.80. The predicted molar refractivity (Wildman–Crippen MR) is 58.1 cm³/mol. The van der Waals surface area contributed by atoms with Crippen molar-refractivity contribution >= 4 is 11.6 Å². The molecule has 1 aromatic rings. The van der Waals surface area contributed by atoms with Gasteiger partial charge >= 0.3 is 0 Å². The van der Waals surface area contributed by atoms with E-state index in [1.54, 1.807) is 7.11 Å². The summed E-state index contributed by atoms with van der Waals surface area (Å²) < 4.78 is 5.04. The lowest BCUT2D eigenvalue weighted by Crippen LogP contribution is -2.31. The molecule has 0 spiro atoms. The summed E-state index contributed by atoms with van der Waals surface area (Å²) in [5.41, 5.74) is 4.69. The van der Waals surface area contributed by atoms with E-state index >= 15 is 0 Å². The number of aryl methyl sites for hydroxylation is 1. The van der Waals surface area contributed by atoms with Gasteiger partial charge in [-0.25, -0.2) is 0 Å². The zero-order valence-electron chi connectivity index (χ0n) is 8.38. The Balaban J connectivity index is 2.97. The summed E-state index contributed by atoms with van der Waals surface area (Å²) in [6.07, 6.45) is 0. The molecule has 1 unspecified atom stereocenters. The molecule has 0 aromatic heterocycles. The first-order chi connectivity index (χ1) is 6.70. The Kier molecular flexibility index (Phi) is 4.35. The van der Waals surface area contributed by atoms with E-state index in [0.717, 1.165) is 16.1 Å². The molecule has 0 aliphatic carbocycles. The first-order valence-corrected chi connectivity index (χ1v) is 4.78. The number of ether oxygens (including phenoxy) is 1. The minimum Gasteiger partial charge on any atom is -0.383 e. The zero-order valence-corrected chi connectivity index (χ0v) is 9.14. The average molecular weight is 215 g/mol. The van der Waals surface area contributed by atoms with E-state index in [0.29, 0.717) is 6.61 Å². The standard InChI is InChI=1S/C10H15ClN2O/c1-7-4-3-5-8(10(7)11)9(13-12)6-14-2/h3-5,9,13H,6,12H2,1-2H3. The second-order valence-electron chi connectivity index (χ2n) is 3.15. The van der Waals surface area contributed by atoms with Crippen molar-refractivity contribution in [1.82, 2.24) is 5.43 Å². The number of rotatable bonds is 4. The molecule has 4 heteroatoms. The van der Waals surface area contributed by atoms with Gasteiger partial charge in [-0.05, 0) is 18.1 Å². The van der Waals surface area contributed by atoms with Crippen molar-refractivity contribution in [3.8, 4) is 0 Å². The molecule has 1 atom stereocenters. The SMILES string of the molecule is COCC(NN)c1cccc(C)c1Cl. The molecule has 1 aromatic carbocycles. The van der Waals surface area contributed by atoms with E-state index in [2.05, 4.69) is 5.43 Å². The third-order valence-corrected chi connectivity index (χ3v) is 2.65. The Labute approximate surface area is 89.2 Å². The highest BCUT2D eigenvalue weighted by atomic mass is 35.5. The van der Waals surface area contributed by atoms with E-state index in [-0.39, 0.29) is 6.04 Å². The molecule has 14 heavy (non-hydrogen) atoms. The topological polar surface area (TPSA) is 47.3 Å². The van der Waals surface area contributed by atoms with E-state index in [4.69, 9.17) is 22.2 Å². The van der Waals surface area contributed by atoms with Gasteiger partial charge in [0.05, 0.1) is 12.6 Å². The molecule has 0 amide bonds. The van der Waals surface area contributed by atoms with Crippen molar-refractivity contribution in [2.24, 2.45) is 5.84 Å². The number of benzene rings is 1. The van der Waals surface area contributed by atoms with Crippen LogP contribution in [0.4, 0.5) is 0 Å². The summed E-state index contributed by atoms with van der Waals surface area (Å²) in [6, 6.07) is 5.80. The fourth-order valence-corrected chi connectivity index (χ4v) is 1.59. The monoisotopic (exact) mass is 214 g/mol. The van der Waals surface area contributed by atoms with Crippen LogP contribution in [0.5, 0.6) is 0 Å². The number of methoxy groups -OCH3 is 1. The van der Waals surface area contributed by atoms with Crippen molar-refractivity contribution in [2.45, 2.75) is 13.0 Å². The number of halogens is 1. The molecule has 3 nitrogen and oxygen atoms in total. The van der Waals surface area contributed by atoms with Gasteiger partial charge in [-0.3, -0.25) is 11.3 Å². The summed E-state index contributed by atoms with van der Waals surface area (Å²) in [5.74, 6) is 5.42. The lowest BCUT2D eigenvalue weighted by atomic mass is 10.1. The summed E-state index contributed by atoms with van der Waals surface area (Å²) in [5, 5.41) is 0.743. The van der Waals surface area contributed by atoms with E-state index < -0.39 is 0 Å². The summed E-state index contributed by atoms with van der Waals surface area (Å²) in [6.45, 7) is 2.46. The van der Waals surface area contributed by atoms with Crippen molar-refractivity contribution in [3.05, 3.63) is 34.3 Å². The van der Waals surface area contributed by atoms with Crippen LogP contribution in [-0.4, -0.2) is 13.7 Å². The molecule has 0 fully saturated rings. The lowest BCUT2D eigenvalue weighted by Gasteiger charge is -2.17. The molecule has 0 saturated carbocycles. The summed E-state index contributed by atoms with van der Waals surface area (Å²) >= 11 is 6.15. The quantitative estimate of drug-likeness (QED) is 0.594. The van der Waals surface area contributed by atoms with Gasteiger partial charge in [0, 0.05) is 12.1 Å². The van der Waals surface area contributed by atoms with Gasteiger partial charge in [-0.2, -0.15) is 0 Å². The van der Waals surface area contributed by atoms with Crippen molar-refractivity contribution in [1.29, 1.82) is 0 Å². The van der Waals surface area contributed by atoms with Crippen LogP contribution in [0.1, 0.15) is 17.2 Å². The number of nitrogens with two attached hydrogens (primary N) is 1. The summed E-state index contributed by atoms with van der Waals surface area (Å²) in [7, 11) is 1.63. The van der Waals surface area contributed by atoms with Crippen LogP contribution in [0.3, 0.4) is 0 Å². The maximum atomic E-state index is 6.15. The molecule has 1 rings (SSSR count). The average Bonchev–Trinajstić information content (AvgIpc) is 2.19. The Morgan fingerprint density at radius 3 is 2.86 bits per heavy atom. The van der Waals surface area contributed by atoms with E-state index in [1.807, 2.05) is 25.1 Å². The van der Waals surface area contributed by atoms with Crippen LogP contribution in [-0.2, 0) is 4.74 Å². The molecule has 3 N–H and O–H groups in total. The van der Waals surface area contributed by atoms with E-state index in [9.17, 15) is 0 Å². The molecule has 0 bridgehead atoms.